The lowest BCUT2D eigenvalue weighted by molar-refractivity contribution is 0.299. The fourth-order valence-corrected chi connectivity index (χ4v) is 4.46. The van der Waals surface area contributed by atoms with Crippen LogP contribution in [0.5, 0.6) is 11.5 Å². The summed E-state index contributed by atoms with van der Waals surface area (Å²) < 4.78 is 12.6. The molecule has 0 amide bonds. The van der Waals surface area contributed by atoms with E-state index in [1.807, 2.05) is 0 Å². The van der Waals surface area contributed by atoms with Gasteiger partial charge >= 0.3 is 0 Å². The molecule has 31 heavy (non-hydrogen) atoms. The van der Waals surface area contributed by atoms with Gasteiger partial charge in [-0.1, -0.05) is 112 Å². The molecular weight excluding hydrogens is 448 g/mol. The summed E-state index contributed by atoms with van der Waals surface area (Å²) in [5, 5.41) is 3.49. The number of benzene rings is 2. The van der Waals surface area contributed by atoms with Gasteiger partial charge in [0.25, 0.3) is 0 Å². The second-order valence-electron chi connectivity index (χ2n) is 8.54. The summed E-state index contributed by atoms with van der Waals surface area (Å²) in [4.78, 5) is 0. The largest absolute Gasteiger partial charge is 0.493 e. The van der Waals surface area contributed by atoms with Gasteiger partial charge in [0, 0.05) is 16.1 Å². The highest BCUT2D eigenvalue weighted by Crippen LogP contribution is 2.37. The molecule has 0 radical (unpaired) electrons. The fourth-order valence-electron chi connectivity index (χ4n) is 4.07. The first-order valence-electron chi connectivity index (χ1n) is 12.7. The molecule has 0 aromatic heterocycles. The minimum atomic E-state index is 0.795. The third kappa shape index (κ3) is 9.43. The van der Waals surface area contributed by atoms with E-state index in [0.717, 1.165) is 49.3 Å². The van der Waals surface area contributed by atoms with Crippen molar-refractivity contribution >= 4 is 26.7 Å². The zero-order chi connectivity index (χ0) is 22.2. The zero-order valence-corrected chi connectivity index (χ0v) is 21.5. The van der Waals surface area contributed by atoms with Crippen LogP contribution in [-0.4, -0.2) is 18.5 Å². The van der Waals surface area contributed by atoms with Crippen molar-refractivity contribution < 1.29 is 9.47 Å². The monoisotopic (exact) mass is 490 g/mol. The SMILES string of the molecule is CCCCCCCCOc1c(CC)cc(OCCCCCCCCBr)c2ccccc12. The summed E-state index contributed by atoms with van der Waals surface area (Å²) in [6.45, 7) is 6.07. The highest BCUT2D eigenvalue weighted by atomic mass is 79.9. The molecular formula is C28H43BrO2. The van der Waals surface area contributed by atoms with Gasteiger partial charge in [0.15, 0.2) is 0 Å². The maximum absolute atomic E-state index is 6.33. The Balaban J connectivity index is 1.92. The molecule has 0 heterocycles. The zero-order valence-electron chi connectivity index (χ0n) is 19.9. The van der Waals surface area contributed by atoms with Crippen molar-refractivity contribution in [2.45, 2.75) is 97.3 Å². The Morgan fingerprint density at radius 3 is 1.90 bits per heavy atom. The molecule has 0 unspecified atom stereocenters. The van der Waals surface area contributed by atoms with E-state index in [9.17, 15) is 0 Å². The van der Waals surface area contributed by atoms with Gasteiger partial charge in [0.05, 0.1) is 13.2 Å². The molecule has 0 saturated carbocycles. The van der Waals surface area contributed by atoms with Crippen molar-refractivity contribution in [3.8, 4) is 11.5 Å². The minimum Gasteiger partial charge on any atom is -0.493 e. The quantitative estimate of drug-likeness (QED) is 0.153. The van der Waals surface area contributed by atoms with E-state index in [0.29, 0.717) is 0 Å². The molecule has 2 nitrogen and oxygen atoms in total. The molecule has 2 aromatic carbocycles. The van der Waals surface area contributed by atoms with Gasteiger partial charge < -0.3 is 9.47 Å². The van der Waals surface area contributed by atoms with Crippen LogP contribution in [0, 0.1) is 0 Å². The molecule has 0 spiro atoms. The smallest absolute Gasteiger partial charge is 0.130 e. The number of rotatable bonds is 18. The number of alkyl halides is 1. The second-order valence-corrected chi connectivity index (χ2v) is 9.33. The normalized spacial score (nSPS) is 11.2. The first kappa shape index (κ1) is 26.0. The van der Waals surface area contributed by atoms with E-state index >= 15 is 0 Å². The summed E-state index contributed by atoms with van der Waals surface area (Å²) >= 11 is 3.51. The highest BCUT2D eigenvalue weighted by Gasteiger charge is 2.13. The van der Waals surface area contributed by atoms with Crippen molar-refractivity contribution in [3.05, 3.63) is 35.9 Å². The molecule has 0 saturated heterocycles. The van der Waals surface area contributed by atoms with E-state index in [2.05, 4.69) is 60.1 Å². The van der Waals surface area contributed by atoms with Crippen LogP contribution in [0.1, 0.15) is 96.5 Å². The van der Waals surface area contributed by atoms with Crippen molar-refractivity contribution in [1.82, 2.24) is 0 Å². The van der Waals surface area contributed by atoms with Crippen LogP contribution >= 0.6 is 15.9 Å². The van der Waals surface area contributed by atoms with Gasteiger partial charge in [-0.25, -0.2) is 0 Å². The summed E-state index contributed by atoms with van der Waals surface area (Å²) in [5.74, 6) is 2.07. The molecule has 0 bridgehead atoms. The summed E-state index contributed by atoms with van der Waals surface area (Å²) in [7, 11) is 0. The number of hydrogen-bond acceptors (Lipinski definition) is 2. The van der Waals surface area contributed by atoms with Crippen LogP contribution in [0.3, 0.4) is 0 Å². The Labute approximate surface area is 199 Å². The fraction of sp³-hybridized carbons (Fsp3) is 0.643. The van der Waals surface area contributed by atoms with Crippen LogP contribution in [0.15, 0.2) is 30.3 Å². The molecule has 0 N–H and O–H groups in total. The van der Waals surface area contributed by atoms with Crippen LogP contribution < -0.4 is 9.47 Å². The van der Waals surface area contributed by atoms with E-state index < -0.39 is 0 Å². The lowest BCUT2D eigenvalue weighted by Crippen LogP contribution is -2.03. The number of halogens is 1. The highest BCUT2D eigenvalue weighted by molar-refractivity contribution is 9.09. The average molecular weight is 492 g/mol. The molecule has 2 aromatic rings. The van der Waals surface area contributed by atoms with Gasteiger partial charge in [-0.05, 0) is 37.3 Å². The second kappa shape index (κ2) is 16.4. The Hall–Kier alpha value is -1.22. The van der Waals surface area contributed by atoms with Crippen molar-refractivity contribution in [2.75, 3.05) is 18.5 Å². The molecule has 0 fully saturated rings. The van der Waals surface area contributed by atoms with Crippen LogP contribution in [0.2, 0.25) is 0 Å². The lowest BCUT2D eigenvalue weighted by atomic mass is 10.0. The lowest BCUT2D eigenvalue weighted by Gasteiger charge is -2.17. The molecule has 0 atom stereocenters. The van der Waals surface area contributed by atoms with E-state index in [4.69, 9.17) is 9.47 Å². The van der Waals surface area contributed by atoms with Crippen LogP contribution in [0.25, 0.3) is 10.8 Å². The van der Waals surface area contributed by atoms with Crippen molar-refractivity contribution in [1.29, 1.82) is 0 Å². The van der Waals surface area contributed by atoms with Crippen molar-refractivity contribution in [3.63, 3.8) is 0 Å². The minimum absolute atomic E-state index is 0.795. The maximum atomic E-state index is 6.33. The standard InChI is InChI=1S/C28H43BrO2/c1-3-5-6-7-11-17-22-31-28-24(4-2)23-27(25-18-13-14-19-26(25)28)30-21-16-12-9-8-10-15-20-29/h13-14,18-19,23H,3-12,15-17,20-22H2,1-2H3. The third-order valence-corrected chi connectivity index (χ3v) is 6.51. The van der Waals surface area contributed by atoms with E-state index in [1.165, 1.54) is 80.5 Å². The molecule has 0 aliphatic rings. The number of unbranched alkanes of at least 4 members (excludes halogenated alkanes) is 10. The predicted octanol–water partition coefficient (Wildman–Crippen LogP) is 9.26. The Kier molecular flexibility index (Phi) is 13.8. The molecule has 0 aliphatic carbocycles. The molecule has 0 aliphatic heterocycles. The maximum Gasteiger partial charge on any atom is 0.130 e. The Morgan fingerprint density at radius 2 is 1.26 bits per heavy atom. The number of hydrogen-bond donors (Lipinski definition) is 0. The van der Waals surface area contributed by atoms with Crippen LogP contribution in [-0.2, 0) is 6.42 Å². The Bertz CT molecular complexity index is 728. The average Bonchev–Trinajstić information content (AvgIpc) is 2.80. The van der Waals surface area contributed by atoms with Gasteiger partial charge in [0.1, 0.15) is 11.5 Å². The van der Waals surface area contributed by atoms with Crippen molar-refractivity contribution in [2.24, 2.45) is 0 Å². The number of aryl methyl sites for hydroxylation is 1. The predicted molar refractivity (Wildman–Crippen MR) is 139 cm³/mol. The first-order chi connectivity index (χ1) is 15.3. The van der Waals surface area contributed by atoms with Gasteiger partial charge in [-0.3, -0.25) is 0 Å². The number of ether oxygens (including phenoxy) is 2. The third-order valence-electron chi connectivity index (χ3n) is 5.94. The molecule has 2 rings (SSSR count). The Morgan fingerprint density at radius 1 is 0.677 bits per heavy atom. The van der Waals surface area contributed by atoms with Gasteiger partial charge in [-0.2, -0.15) is 0 Å². The number of fused-ring (bicyclic) bond motifs is 1. The molecule has 3 heteroatoms. The van der Waals surface area contributed by atoms with E-state index in [1.54, 1.807) is 0 Å². The van der Waals surface area contributed by atoms with Crippen LogP contribution in [0.4, 0.5) is 0 Å². The summed E-state index contributed by atoms with van der Waals surface area (Å²) in [6.07, 6.45) is 16.3. The first-order valence-corrected chi connectivity index (χ1v) is 13.8. The summed E-state index contributed by atoms with van der Waals surface area (Å²) in [6, 6.07) is 10.8. The molecule has 174 valence electrons. The topological polar surface area (TPSA) is 18.5 Å². The van der Waals surface area contributed by atoms with Gasteiger partial charge in [-0.15, -0.1) is 0 Å². The summed E-state index contributed by atoms with van der Waals surface area (Å²) in [5.41, 5.74) is 1.26. The van der Waals surface area contributed by atoms with Gasteiger partial charge in [0.2, 0.25) is 0 Å². The van der Waals surface area contributed by atoms with E-state index in [-0.39, 0.29) is 0 Å².